The standard InChI is InChI=1S/C43H61N9O10/c1-50(2)41-39-40(34-5-6-37-36(28-34)48-43(45)62-37)49-52(42(39)47-31-46-41)29-32-3-4-35-30-51(10-7-33(35)27-32)38(53)8-11-54-13-15-56-17-19-58-21-23-60-25-26-61-24-22-59-20-18-57-16-14-55-12-9-44/h3-6,27-28,31H,7-26,29-30,44H2,1-2H3,(H2,45,48). The van der Waals surface area contributed by atoms with Crippen LogP contribution in [-0.2, 0) is 62.2 Å². The summed E-state index contributed by atoms with van der Waals surface area (Å²) >= 11 is 0. The number of anilines is 2. The molecule has 0 unspecified atom stereocenters. The minimum absolute atomic E-state index is 0.0775. The van der Waals surface area contributed by atoms with Crippen LogP contribution in [0.25, 0.3) is 33.4 Å². The van der Waals surface area contributed by atoms with Crippen molar-refractivity contribution < 1.29 is 47.1 Å². The molecule has 338 valence electrons. The largest absolute Gasteiger partial charge is 0.424 e. The lowest BCUT2D eigenvalue weighted by molar-refractivity contribution is -0.133. The van der Waals surface area contributed by atoms with Gasteiger partial charge in [0, 0.05) is 39.3 Å². The van der Waals surface area contributed by atoms with Gasteiger partial charge in [-0.3, -0.25) is 4.79 Å². The first-order chi connectivity index (χ1) is 30.4. The third-order valence-electron chi connectivity index (χ3n) is 9.90. The molecule has 19 nitrogen and oxygen atoms in total. The second kappa shape index (κ2) is 25.3. The molecule has 3 aromatic heterocycles. The van der Waals surface area contributed by atoms with Crippen LogP contribution in [0.5, 0.6) is 0 Å². The Kier molecular flexibility index (Phi) is 19.1. The summed E-state index contributed by atoms with van der Waals surface area (Å²) < 4.78 is 51.3. The van der Waals surface area contributed by atoms with E-state index in [0.29, 0.717) is 149 Å². The Morgan fingerprint density at radius 2 is 1.34 bits per heavy atom. The molecule has 5 aromatic rings. The van der Waals surface area contributed by atoms with E-state index in [1.807, 2.05) is 46.8 Å². The minimum atomic E-state index is 0.0775. The smallest absolute Gasteiger partial charge is 0.292 e. The lowest BCUT2D eigenvalue weighted by Gasteiger charge is -2.29. The fraction of sp³-hybridized carbons (Fsp3) is 0.558. The Hall–Kier alpha value is -4.83. The van der Waals surface area contributed by atoms with Crippen LogP contribution in [0.15, 0.2) is 47.1 Å². The molecule has 6 rings (SSSR count). The highest BCUT2D eigenvalue weighted by Gasteiger charge is 2.23. The second-order valence-electron chi connectivity index (χ2n) is 14.6. The van der Waals surface area contributed by atoms with Crippen molar-refractivity contribution in [2.24, 2.45) is 5.73 Å². The molecule has 4 heterocycles. The number of aromatic nitrogens is 5. The Morgan fingerprint density at radius 3 is 1.94 bits per heavy atom. The van der Waals surface area contributed by atoms with Gasteiger partial charge in [0.1, 0.15) is 23.4 Å². The normalized spacial score (nSPS) is 12.8. The average Bonchev–Trinajstić information content (AvgIpc) is 3.84. The summed E-state index contributed by atoms with van der Waals surface area (Å²) in [6, 6.07) is 12.3. The Bertz CT molecular complexity index is 2110. The van der Waals surface area contributed by atoms with E-state index < -0.39 is 0 Å². The van der Waals surface area contributed by atoms with Crippen LogP contribution < -0.4 is 16.4 Å². The fourth-order valence-corrected chi connectivity index (χ4v) is 6.87. The molecule has 0 saturated heterocycles. The summed E-state index contributed by atoms with van der Waals surface area (Å²) in [6.07, 6.45) is 2.66. The van der Waals surface area contributed by atoms with Gasteiger partial charge in [-0.1, -0.05) is 18.2 Å². The van der Waals surface area contributed by atoms with E-state index in [9.17, 15) is 4.79 Å². The van der Waals surface area contributed by atoms with Gasteiger partial charge in [0.2, 0.25) is 5.91 Å². The molecule has 2 aromatic carbocycles. The van der Waals surface area contributed by atoms with Gasteiger partial charge in [-0.2, -0.15) is 10.1 Å². The third kappa shape index (κ3) is 14.1. The van der Waals surface area contributed by atoms with Crippen molar-refractivity contribution in [3.8, 4) is 11.3 Å². The van der Waals surface area contributed by atoms with E-state index >= 15 is 0 Å². The number of nitrogens with zero attached hydrogens (tertiary/aromatic N) is 7. The molecular weight excluding hydrogens is 803 g/mol. The molecule has 1 aliphatic heterocycles. The van der Waals surface area contributed by atoms with Crippen LogP contribution >= 0.6 is 0 Å². The third-order valence-corrected chi connectivity index (χ3v) is 9.90. The van der Waals surface area contributed by atoms with Gasteiger partial charge in [-0.25, -0.2) is 14.6 Å². The van der Waals surface area contributed by atoms with Gasteiger partial charge in [0.25, 0.3) is 6.01 Å². The van der Waals surface area contributed by atoms with Crippen molar-refractivity contribution in [1.82, 2.24) is 29.6 Å². The molecule has 0 atom stereocenters. The first kappa shape index (κ1) is 46.7. The number of ether oxygens (including phenoxy) is 8. The van der Waals surface area contributed by atoms with E-state index in [2.05, 4.69) is 33.2 Å². The summed E-state index contributed by atoms with van der Waals surface area (Å²) in [7, 11) is 3.90. The van der Waals surface area contributed by atoms with E-state index in [-0.39, 0.29) is 11.9 Å². The first-order valence-corrected chi connectivity index (χ1v) is 21.2. The number of amides is 1. The maximum Gasteiger partial charge on any atom is 0.292 e. The molecule has 0 spiro atoms. The number of nitrogen functional groups attached to an aromatic ring is 1. The van der Waals surface area contributed by atoms with Gasteiger partial charge >= 0.3 is 0 Å². The second-order valence-corrected chi connectivity index (χ2v) is 14.6. The Morgan fingerprint density at radius 1 is 0.742 bits per heavy atom. The molecule has 19 heteroatoms. The fourth-order valence-electron chi connectivity index (χ4n) is 6.87. The zero-order valence-corrected chi connectivity index (χ0v) is 36.0. The topological polar surface area (TPSA) is 219 Å². The number of hydrogen-bond donors (Lipinski definition) is 2. The quantitative estimate of drug-likeness (QED) is 0.0634. The number of fused-ring (bicyclic) bond motifs is 3. The molecule has 0 bridgehead atoms. The van der Waals surface area contributed by atoms with Crippen LogP contribution in [0.2, 0.25) is 0 Å². The van der Waals surface area contributed by atoms with E-state index in [4.69, 9.17) is 58.9 Å². The van der Waals surface area contributed by atoms with Crippen molar-refractivity contribution in [3.63, 3.8) is 0 Å². The molecule has 0 radical (unpaired) electrons. The minimum Gasteiger partial charge on any atom is -0.424 e. The maximum atomic E-state index is 13.1. The summed E-state index contributed by atoms with van der Waals surface area (Å²) in [6.45, 7) is 9.95. The van der Waals surface area contributed by atoms with Crippen molar-refractivity contribution >= 4 is 39.9 Å². The summed E-state index contributed by atoms with van der Waals surface area (Å²) in [5.74, 6) is 0.843. The number of carbonyl (C=O) groups excluding carboxylic acids is 1. The Labute approximate surface area is 361 Å². The van der Waals surface area contributed by atoms with Crippen molar-refractivity contribution in [2.45, 2.75) is 25.9 Å². The molecule has 1 amide bonds. The average molecular weight is 864 g/mol. The van der Waals surface area contributed by atoms with E-state index in [1.165, 1.54) is 5.56 Å². The lowest BCUT2D eigenvalue weighted by Crippen LogP contribution is -2.36. The van der Waals surface area contributed by atoms with E-state index in [1.54, 1.807) is 6.33 Å². The van der Waals surface area contributed by atoms with Gasteiger partial charge in [-0.15, -0.1) is 0 Å². The summed E-state index contributed by atoms with van der Waals surface area (Å²) in [4.78, 5) is 30.5. The first-order valence-electron chi connectivity index (χ1n) is 21.2. The molecule has 0 saturated carbocycles. The number of rotatable bonds is 30. The van der Waals surface area contributed by atoms with Crippen LogP contribution in [0.3, 0.4) is 0 Å². The number of oxazole rings is 1. The van der Waals surface area contributed by atoms with Crippen LogP contribution in [-0.4, -0.2) is 168 Å². The van der Waals surface area contributed by atoms with Crippen molar-refractivity contribution in [2.75, 3.05) is 144 Å². The predicted molar refractivity (Wildman–Crippen MR) is 232 cm³/mol. The van der Waals surface area contributed by atoms with Gasteiger partial charge in [0.05, 0.1) is 124 Å². The van der Waals surface area contributed by atoms with Crippen molar-refractivity contribution in [3.05, 3.63) is 59.4 Å². The summed E-state index contributed by atoms with van der Waals surface area (Å²) in [5.41, 5.74) is 18.2. The highest BCUT2D eigenvalue weighted by Crippen LogP contribution is 2.34. The van der Waals surface area contributed by atoms with Gasteiger partial charge in [0.15, 0.2) is 11.2 Å². The molecule has 62 heavy (non-hydrogen) atoms. The predicted octanol–water partition coefficient (Wildman–Crippen LogP) is 2.70. The Balaban J connectivity index is 0.813. The highest BCUT2D eigenvalue weighted by molar-refractivity contribution is 6.00. The number of carbonyl (C=O) groups is 1. The van der Waals surface area contributed by atoms with Crippen LogP contribution in [0, 0.1) is 0 Å². The van der Waals surface area contributed by atoms with Crippen LogP contribution in [0.4, 0.5) is 11.8 Å². The molecule has 0 aliphatic carbocycles. The van der Waals surface area contributed by atoms with Crippen LogP contribution in [0.1, 0.15) is 23.1 Å². The maximum absolute atomic E-state index is 13.1. The number of hydrogen-bond acceptors (Lipinski definition) is 17. The summed E-state index contributed by atoms with van der Waals surface area (Å²) in [5, 5.41) is 5.90. The molecule has 1 aliphatic rings. The monoisotopic (exact) mass is 863 g/mol. The highest BCUT2D eigenvalue weighted by atomic mass is 16.6. The molecular formula is C43H61N9O10. The van der Waals surface area contributed by atoms with Gasteiger partial charge < -0.3 is 63.6 Å². The van der Waals surface area contributed by atoms with Gasteiger partial charge in [-0.05, 0) is 41.3 Å². The van der Waals surface area contributed by atoms with E-state index in [0.717, 1.165) is 45.7 Å². The van der Waals surface area contributed by atoms with Crippen molar-refractivity contribution in [1.29, 1.82) is 0 Å². The zero-order valence-electron chi connectivity index (χ0n) is 36.0. The molecule has 4 N–H and O–H groups in total. The molecule has 0 fully saturated rings. The zero-order chi connectivity index (χ0) is 43.4. The SMILES string of the molecule is CN(C)c1ncnc2c1c(-c1ccc3oc(N)nc3c1)nn2Cc1ccc2c(c1)CCN(C(=O)CCOCCOCCOCCOCCOCCOCCOCCOCCN)C2. The number of benzene rings is 2. The lowest BCUT2D eigenvalue weighted by atomic mass is 9.97. The number of nitrogens with two attached hydrogens (primary N) is 2.